The van der Waals surface area contributed by atoms with Gasteiger partial charge in [-0.15, -0.1) is 0 Å². The molecule has 0 amide bonds. The Balaban J connectivity index is 1.86. The molecule has 17 heavy (non-hydrogen) atoms. The highest BCUT2D eigenvalue weighted by atomic mass is 14.8. The first-order valence-electron chi connectivity index (χ1n) is 5.76. The Hall–Kier alpha value is -1.71. The van der Waals surface area contributed by atoms with Gasteiger partial charge in [-0.25, -0.2) is 0 Å². The molecule has 0 unspecified atom stereocenters. The van der Waals surface area contributed by atoms with Crippen molar-refractivity contribution in [1.29, 1.82) is 0 Å². The number of hydrogen-bond acceptors (Lipinski definition) is 3. The summed E-state index contributed by atoms with van der Waals surface area (Å²) in [6, 6.07) is 12.4. The maximum atomic E-state index is 5.61. The third-order valence-corrected chi connectivity index (χ3v) is 2.63. The lowest BCUT2D eigenvalue weighted by molar-refractivity contribution is 0.692. The van der Waals surface area contributed by atoms with Gasteiger partial charge in [0.1, 0.15) is 0 Å². The summed E-state index contributed by atoms with van der Waals surface area (Å²) < 4.78 is 0. The molecule has 0 fully saturated rings. The fourth-order valence-corrected chi connectivity index (χ4v) is 1.72. The van der Waals surface area contributed by atoms with Crippen molar-refractivity contribution < 1.29 is 0 Å². The predicted molar refractivity (Wildman–Crippen MR) is 69.1 cm³/mol. The normalized spacial score (nSPS) is 10.4. The van der Waals surface area contributed by atoms with Crippen molar-refractivity contribution >= 4 is 0 Å². The third kappa shape index (κ3) is 3.66. The molecule has 0 aliphatic carbocycles. The van der Waals surface area contributed by atoms with Gasteiger partial charge in [0, 0.05) is 32.0 Å². The van der Waals surface area contributed by atoms with Crippen molar-refractivity contribution in [2.45, 2.75) is 19.6 Å². The average Bonchev–Trinajstić information content (AvgIpc) is 2.40. The molecule has 0 atom stereocenters. The average molecular weight is 227 g/mol. The molecule has 88 valence electrons. The van der Waals surface area contributed by atoms with Crippen molar-refractivity contribution in [3.63, 3.8) is 0 Å². The fourth-order valence-electron chi connectivity index (χ4n) is 1.72. The molecular weight excluding hydrogens is 210 g/mol. The van der Waals surface area contributed by atoms with Crippen LogP contribution in [-0.4, -0.2) is 4.98 Å². The van der Waals surface area contributed by atoms with Crippen LogP contribution in [0.1, 0.15) is 16.7 Å². The number of nitrogens with one attached hydrogen (secondary N) is 1. The van der Waals surface area contributed by atoms with E-state index in [4.69, 9.17) is 5.73 Å². The maximum absolute atomic E-state index is 5.61. The molecule has 0 radical (unpaired) electrons. The number of pyridine rings is 1. The highest BCUT2D eigenvalue weighted by Crippen LogP contribution is 2.04. The second-order valence-electron chi connectivity index (χ2n) is 3.98. The van der Waals surface area contributed by atoms with Gasteiger partial charge in [-0.3, -0.25) is 4.98 Å². The Kier molecular flexibility index (Phi) is 4.24. The minimum absolute atomic E-state index is 0.595. The second kappa shape index (κ2) is 6.13. The third-order valence-electron chi connectivity index (χ3n) is 2.63. The molecule has 3 N–H and O–H groups in total. The van der Waals surface area contributed by atoms with E-state index >= 15 is 0 Å². The first kappa shape index (κ1) is 11.8. The van der Waals surface area contributed by atoms with E-state index in [0.717, 1.165) is 13.1 Å². The van der Waals surface area contributed by atoms with Crippen molar-refractivity contribution in [3.05, 3.63) is 65.5 Å². The molecule has 0 saturated heterocycles. The van der Waals surface area contributed by atoms with E-state index in [9.17, 15) is 0 Å². The van der Waals surface area contributed by atoms with Gasteiger partial charge in [-0.1, -0.05) is 24.3 Å². The zero-order valence-corrected chi connectivity index (χ0v) is 9.76. The van der Waals surface area contributed by atoms with E-state index in [1.165, 1.54) is 16.7 Å². The summed E-state index contributed by atoms with van der Waals surface area (Å²) in [6.07, 6.45) is 3.62. The summed E-state index contributed by atoms with van der Waals surface area (Å²) in [6.45, 7) is 2.31. The second-order valence-corrected chi connectivity index (χ2v) is 3.98. The fraction of sp³-hybridized carbons (Fsp3) is 0.214. The quantitative estimate of drug-likeness (QED) is 0.819. The van der Waals surface area contributed by atoms with Crippen LogP contribution in [0.4, 0.5) is 0 Å². The van der Waals surface area contributed by atoms with Crippen LogP contribution in [0.5, 0.6) is 0 Å². The van der Waals surface area contributed by atoms with Gasteiger partial charge in [0.05, 0.1) is 0 Å². The van der Waals surface area contributed by atoms with Crippen molar-refractivity contribution in [3.8, 4) is 0 Å². The molecule has 1 aromatic carbocycles. The molecule has 0 saturated carbocycles. The molecule has 3 nitrogen and oxygen atoms in total. The largest absolute Gasteiger partial charge is 0.326 e. The summed E-state index contributed by atoms with van der Waals surface area (Å²) >= 11 is 0. The molecule has 1 heterocycles. The molecule has 2 aromatic rings. The highest BCUT2D eigenvalue weighted by Gasteiger charge is 1.95. The lowest BCUT2D eigenvalue weighted by Gasteiger charge is -2.06. The standard InChI is InChI=1S/C14H17N3/c15-9-13-2-1-3-14(8-13)11-17-10-12-4-6-16-7-5-12/h1-8,17H,9-11,15H2. The van der Waals surface area contributed by atoms with Crippen LogP contribution in [0.3, 0.4) is 0 Å². The van der Waals surface area contributed by atoms with Crippen molar-refractivity contribution in [2.75, 3.05) is 0 Å². The summed E-state index contributed by atoms with van der Waals surface area (Å²) in [4.78, 5) is 3.99. The Morgan fingerprint density at radius 2 is 1.65 bits per heavy atom. The minimum Gasteiger partial charge on any atom is -0.326 e. The van der Waals surface area contributed by atoms with Gasteiger partial charge in [0.15, 0.2) is 0 Å². The Morgan fingerprint density at radius 3 is 2.41 bits per heavy atom. The first-order valence-corrected chi connectivity index (χ1v) is 5.76. The van der Waals surface area contributed by atoms with E-state index < -0.39 is 0 Å². The van der Waals surface area contributed by atoms with E-state index in [1.54, 1.807) is 0 Å². The monoisotopic (exact) mass is 227 g/mol. The van der Waals surface area contributed by atoms with Gasteiger partial charge < -0.3 is 11.1 Å². The number of rotatable bonds is 5. The van der Waals surface area contributed by atoms with E-state index in [2.05, 4.69) is 22.4 Å². The number of aromatic nitrogens is 1. The molecule has 3 heteroatoms. The van der Waals surface area contributed by atoms with Gasteiger partial charge in [0.2, 0.25) is 0 Å². The van der Waals surface area contributed by atoms with E-state index in [1.807, 2.05) is 36.7 Å². The van der Waals surface area contributed by atoms with Crippen LogP contribution in [0.25, 0.3) is 0 Å². The Morgan fingerprint density at radius 1 is 0.941 bits per heavy atom. The molecule has 2 rings (SSSR count). The zero-order chi connectivity index (χ0) is 11.9. The van der Waals surface area contributed by atoms with Crippen molar-refractivity contribution in [2.24, 2.45) is 5.73 Å². The SMILES string of the molecule is NCc1cccc(CNCc2ccncc2)c1. The van der Waals surface area contributed by atoms with Gasteiger partial charge in [-0.05, 0) is 28.8 Å². The lowest BCUT2D eigenvalue weighted by Crippen LogP contribution is -2.13. The van der Waals surface area contributed by atoms with Crippen LogP contribution in [0.15, 0.2) is 48.8 Å². The van der Waals surface area contributed by atoms with E-state index in [0.29, 0.717) is 6.54 Å². The van der Waals surface area contributed by atoms with Crippen LogP contribution in [0.2, 0.25) is 0 Å². The number of benzene rings is 1. The summed E-state index contributed by atoms with van der Waals surface area (Å²) in [7, 11) is 0. The summed E-state index contributed by atoms with van der Waals surface area (Å²) in [5.74, 6) is 0. The van der Waals surface area contributed by atoms with Crippen LogP contribution in [-0.2, 0) is 19.6 Å². The predicted octanol–water partition coefficient (Wildman–Crippen LogP) is 1.83. The molecule has 0 aliphatic heterocycles. The molecule has 0 aliphatic rings. The highest BCUT2D eigenvalue weighted by molar-refractivity contribution is 5.23. The molecular formula is C14H17N3. The number of nitrogens with two attached hydrogens (primary N) is 1. The van der Waals surface area contributed by atoms with E-state index in [-0.39, 0.29) is 0 Å². The topological polar surface area (TPSA) is 50.9 Å². The Labute approximate surface area is 102 Å². The van der Waals surface area contributed by atoms with Gasteiger partial charge in [0.25, 0.3) is 0 Å². The molecule has 0 spiro atoms. The van der Waals surface area contributed by atoms with Gasteiger partial charge in [-0.2, -0.15) is 0 Å². The Bertz CT molecular complexity index is 454. The lowest BCUT2D eigenvalue weighted by atomic mass is 10.1. The van der Waals surface area contributed by atoms with Crippen LogP contribution in [0, 0.1) is 0 Å². The first-order chi connectivity index (χ1) is 8.38. The smallest absolute Gasteiger partial charge is 0.0271 e. The summed E-state index contributed by atoms with van der Waals surface area (Å²) in [5, 5.41) is 3.40. The minimum atomic E-state index is 0.595. The van der Waals surface area contributed by atoms with Crippen LogP contribution < -0.4 is 11.1 Å². The molecule has 1 aromatic heterocycles. The summed E-state index contributed by atoms with van der Waals surface area (Å²) in [5.41, 5.74) is 9.30. The van der Waals surface area contributed by atoms with Crippen molar-refractivity contribution in [1.82, 2.24) is 10.3 Å². The maximum Gasteiger partial charge on any atom is 0.0271 e. The molecule has 0 bridgehead atoms. The number of nitrogens with zero attached hydrogens (tertiary/aromatic N) is 1. The number of hydrogen-bond donors (Lipinski definition) is 2. The van der Waals surface area contributed by atoms with Gasteiger partial charge >= 0.3 is 0 Å². The zero-order valence-electron chi connectivity index (χ0n) is 9.76. The van der Waals surface area contributed by atoms with Crippen LogP contribution >= 0.6 is 0 Å².